The van der Waals surface area contributed by atoms with Gasteiger partial charge in [-0.15, -0.1) is 0 Å². The Hall–Kier alpha value is -2.92. The highest BCUT2D eigenvalue weighted by atomic mass is 16.5. The van der Waals surface area contributed by atoms with Gasteiger partial charge in [0.05, 0.1) is 5.60 Å². The van der Waals surface area contributed by atoms with Crippen LogP contribution in [0.15, 0.2) is 54.6 Å². The van der Waals surface area contributed by atoms with Gasteiger partial charge in [-0.3, -0.25) is 9.59 Å². The molecule has 5 nitrogen and oxygen atoms in total. The normalized spacial score (nSPS) is 11.8. The molecular weight excluding hydrogens is 330 g/mol. The van der Waals surface area contributed by atoms with Gasteiger partial charge in [0.2, 0.25) is 5.91 Å². The minimum absolute atomic E-state index is 0.148. The van der Waals surface area contributed by atoms with Crippen molar-refractivity contribution in [3.63, 3.8) is 0 Å². The minimum atomic E-state index is -1.07. The van der Waals surface area contributed by atoms with E-state index in [0.29, 0.717) is 17.0 Å². The van der Waals surface area contributed by atoms with E-state index in [1.165, 1.54) is 13.8 Å². The van der Waals surface area contributed by atoms with Crippen LogP contribution in [0, 0.1) is 0 Å². The molecule has 2 aromatic rings. The lowest BCUT2D eigenvalue weighted by atomic mass is 9.92. The van der Waals surface area contributed by atoms with Crippen LogP contribution in [0.5, 0.6) is 5.75 Å². The largest absolute Gasteiger partial charge is 0.426 e. The number of para-hydroxylation sites is 1. The molecule has 5 heteroatoms. The quantitative estimate of drug-likeness (QED) is 0.634. The fourth-order valence-corrected chi connectivity index (χ4v) is 2.54. The molecule has 0 aliphatic rings. The number of rotatable bonds is 5. The number of hydrogen-bond donors (Lipinski definition) is 2. The molecule has 136 valence electrons. The van der Waals surface area contributed by atoms with E-state index >= 15 is 0 Å². The Bertz CT molecular complexity index is 830. The fourth-order valence-electron chi connectivity index (χ4n) is 2.54. The summed E-state index contributed by atoms with van der Waals surface area (Å²) in [6.45, 7) is 6.14. The number of esters is 1. The molecule has 0 saturated carbocycles. The number of aliphatic hydroxyl groups is 1. The fraction of sp³-hybridized carbons (Fsp3) is 0.238. The highest BCUT2D eigenvalue weighted by Crippen LogP contribution is 2.33. The number of hydrogen-bond acceptors (Lipinski definition) is 4. The van der Waals surface area contributed by atoms with Crippen molar-refractivity contribution in [1.29, 1.82) is 0 Å². The van der Waals surface area contributed by atoms with Crippen molar-refractivity contribution in [3.05, 3.63) is 65.7 Å². The minimum Gasteiger partial charge on any atom is -0.426 e. The second-order valence-electron chi connectivity index (χ2n) is 6.56. The number of carbonyl (C=O) groups is 2. The van der Waals surface area contributed by atoms with E-state index in [0.717, 1.165) is 11.1 Å². The number of carbonyl (C=O) groups excluding carboxylic acids is 2. The van der Waals surface area contributed by atoms with E-state index in [-0.39, 0.29) is 5.91 Å². The molecule has 0 unspecified atom stereocenters. The van der Waals surface area contributed by atoms with Crippen molar-refractivity contribution >= 4 is 23.1 Å². The smallest absolute Gasteiger partial charge is 0.308 e. The maximum Gasteiger partial charge on any atom is 0.308 e. The first-order chi connectivity index (χ1) is 12.2. The average Bonchev–Trinajstić information content (AvgIpc) is 2.52. The zero-order valence-electron chi connectivity index (χ0n) is 15.4. The Morgan fingerprint density at radius 2 is 1.65 bits per heavy atom. The van der Waals surface area contributed by atoms with Crippen molar-refractivity contribution in [2.45, 2.75) is 33.3 Å². The zero-order chi connectivity index (χ0) is 19.3. The summed E-state index contributed by atoms with van der Waals surface area (Å²) in [5.74, 6) is -0.146. The summed E-state index contributed by atoms with van der Waals surface area (Å²) in [6, 6.07) is 14.4. The number of ether oxygens (including phenoxy) is 1. The van der Waals surface area contributed by atoms with Crippen LogP contribution in [0.4, 0.5) is 5.69 Å². The van der Waals surface area contributed by atoms with Crippen molar-refractivity contribution in [3.8, 4) is 5.75 Å². The summed E-state index contributed by atoms with van der Waals surface area (Å²) in [6.07, 6.45) is 1.71. The molecule has 2 N–H and O–H groups in total. The van der Waals surface area contributed by atoms with E-state index in [2.05, 4.69) is 5.32 Å². The number of nitrogens with one attached hydrogen (secondary N) is 1. The van der Waals surface area contributed by atoms with Crippen molar-refractivity contribution in [2.24, 2.45) is 0 Å². The van der Waals surface area contributed by atoms with Gasteiger partial charge in [0, 0.05) is 25.1 Å². The molecule has 0 atom stereocenters. The molecule has 0 fully saturated rings. The first-order valence-electron chi connectivity index (χ1n) is 8.27. The summed E-state index contributed by atoms with van der Waals surface area (Å²) in [4.78, 5) is 22.6. The van der Waals surface area contributed by atoms with Crippen LogP contribution in [0.1, 0.15) is 38.8 Å². The summed E-state index contributed by atoms with van der Waals surface area (Å²) in [5.41, 5.74) is 1.84. The first-order valence-corrected chi connectivity index (χ1v) is 8.27. The number of benzene rings is 2. The Labute approximate surface area is 153 Å². The number of amides is 1. The lowest BCUT2D eigenvalue weighted by Gasteiger charge is -2.18. The SMILES string of the molecule is CC(=O)Nc1ccc(/C(=C\C(C)(C)O)c2ccccc2OC(C)=O)cc1. The van der Waals surface area contributed by atoms with E-state index < -0.39 is 11.6 Å². The molecule has 0 saturated heterocycles. The molecule has 0 radical (unpaired) electrons. The maximum atomic E-state index is 11.4. The first kappa shape index (κ1) is 19.4. The van der Waals surface area contributed by atoms with Crippen LogP contribution in [-0.4, -0.2) is 22.6 Å². The summed E-state index contributed by atoms with van der Waals surface area (Å²) in [7, 11) is 0. The molecule has 0 aliphatic carbocycles. The molecule has 1 amide bonds. The van der Waals surface area contributed by atoms with Gasteiger partial charge in [0.15, 0.2) is 0 Å². The molecule has 2 rings (SSSR count). The maximum absolute atomic E-state index is 11.4. The average molecular weight is 353 g/mol. The van der Waals surface area contributed by atoms with Crippen LogP contribution in [-0.2, 0) is 9.59 Å². The van der Waals surface area contributed by atoms with Crippen LogP contribution < -0.4 is 10.1 Å². The summed E-state index contributed by atoms with van der Waals surface area (Å²) in [5, 5.41) is 13.0. The molecule has 0 aromatic heterocycles. The lowest BCUT2D eigenvalue weighted by Crippen LogP contribution is -2.15. The molecule has 0 spiro atoms. The predicted octanol–water partition coefficient (Wildman–Crippen LogP) is 3.77. The van der Waals surface area contributed by atoms with Crippen molar-refractivity contribution in [2.75, 3.05) is 5.32 Å². The number of anilines is 1. The van der Waals surface area contributed by atoms with E-state index in [4.69, 9.17) is 4.74 Å². The molecule has 0 heterocycles. The Morgan fingerprint density at radius 3 is 2.19 bits per heavy atom. The summed E-state index contributed by atoms with van der Waals surface area (Å²) < 4.78 is 5.32. The topological polar surface area (TPSA) is 75.6 Å². The molecule has 0 bridgehead atoms. The van der Waals surface area contributed by atoms with Gasteiger partial charge in [0.25, 0.3) is 0 Å². The molecule has 2 aromatic carbocycles. The standard InChI is InChI=1S/C21H23NO4/c1-14(23)22-17-11-9-16(10-12-17)19(13-21(3,4)25)18-7-5-6-8-20(18)26-15(2)24/h5-13,25H,1-4H3,(H,22,23)/b19-13+. The van der Waals surface area contributed by atoms with Gasteiger partial charge in [-0.1, -0.05) is 30.3 Å². The Kier molecular flexibility index (Phi) is 5.95. The van der Waals surface area contributed by atoms with E-state index in [1.807, 2.05) is 24.3 Å². The Balaban J connectivity index is 2.54. The van der Waals surface area contributed by atoms with Gasteiger partial charge >= 0.3 is 5.97 Å². The van der Waals surface area contributed by atoms with Gasteiger partial charge in [-0.2, -0.15) is 0 Å². The van der Waals surface area contributed by atoms with Crippen LogP contribution >= 0.6 is 0 Å². The van der Waals surface area contributed by atoms with Crippen LogP contribution in [0.2, 0.25) is 0 Å². The third-order valence-electron chi connectivity index (χ3n) is 3.44. The van der Waals surface area contributed by atoms with Gasteiger partial charge in [0.1, 0.15) is 5.75 Å². The molecular formula is C21H23NO4. The Morgan fingerprint density at radius 1 is 1.04 bits per heavy atom. The van der Waals surface area contributed by atoms with Crippen molar-refractivity contribution < 1.29 is 19.4 Å². The monoisotopic (exact) mass is 353 g/mol. The van der Waals surface area contributed by atoms with Crippen LogP contribution in [0.3, 0.4) is 0 Å². The highest BCUT2D eigenvalue weighted by molar-refractivity contribution is 5.90. The molecule has 0 aliphatic heterocycles. The second kappa shape index (κ2) is 7.97. The van der Waals surface area contributed by atoms with E-state index in [1.54, 1.807) is 44.2 Å². The van der Waals surface area contributed by atoms with Crippen molar-refractivity contribution in [1.82, 2.24) is 0 Å². The van der Waals surface area contributed by atoms with Crippen LogP contribution in [0.25, 0.3) is 5.57 Å². The lowest BCUT2D eigenvalue weighted by molar-refractivity contribution is -0.131. The highest BCUT2D eigenvalue weighted by Gasteiger charge is 2.17. The zero-order valence-corrected chi connectivity index (χ0v) is 15.4. The third-order valence-corrected chi connectivity index (χ3v) is 3.44. The van der Waals surface area contributed by atoms with E-state index in [9.17, 15) is 14.7 Å². The third kappa shape index (κ3) is 5.57. The summed E-state index contributed by atoms with van der Waals surface area (Å²) >= 11 is 0. The second-order valence-corrected chi connectivity index (χ2v) is 6.56. The van der Waals surface area contributed by atoms with Gasteiger partial charge in [-0.05, 0) is 49.3 Å². The van der Waals surface area contributed by atoms with Gasteiger partial charge < -0.3 is 15.2 Å². The molecule has 26 heavy (non-hydrogen) atoms. The van der Waals surface area contributed by atoms with Gasteiger partial charge in [-0.25, -0.2) is 0 Å². The predicted molar refractivity (Wildman–Crippen MR) is 102 cm³/mol.